The molecule has 41 heavy (non-hydrogen) atoms. The minimum Gasteiger partial charge on any atom is -0.496 e. The molecule has 0 unspecified atom stereocenters. The maximum absolute atomic E-state index is 13.3. The monoisotopic (exact) mass is 572 g/mol. The van der Waals surface area contributed by atoms with Gasteiger partial charge in [-0.2, -0.15) is 0 Å². The molecule has 214 valence electrons. The Labute approximate surface area is 247 Å². The minimum atomic E-state index is -0.169. The van der Waals surface area contributed by atoms with E-state index in [-0.39, 0.29) is 5.91 Å². The maximum atomic E-state index is 13.3. The number of carbonyl (C=O) groups is 1. The molecule has 1 aliphatic heterocycles. The Bertz CT molecular complexity index is 1430. The molecule has 3 aromatic carbocycles. The van der Waals surface area contributed by atoms with Gasteiger partial charge in [0.25, 0.3) is 5.91 Å². The molecule has 7 nitrogen and oxygen atoms in total. The topological polar surface area (TPSA) is 69.3 Å². The van der Waals surface area contributed by atoms with E-state index in [4.69, 9.17) is 31.2 Å². The number of amides is 1. The molecule has 0 atom stereocenters. The largest absolute Gasteiger partial charge is 0.496 e. The van der Waals surface area contributed by atoms with Gasteiger partial charge in [0.2, 0.25) is 0 Å². The zero-order valence-corrected chi connectivity index (χ0v) is 24.6. The van der Waals surface area contributed by atoms with Gasteiger partial charge in [-0.1, -0.05) is 36.4 Å². The van der Waals surface area contributed by atoms with Crippen LogP contribution in [0, 0.1) is 0 Å². The van der Waals surface area contributed by atoms with Crippen LogP contribution in [0.2, 0.25) is 0 Å². The van der Waals surface area contributed by atoms with Crippen molar-refractivity contribution in [2.75, 3.05) is 26.9 Å². The number of allylic oxidation sites excluding steroid dienone is 1. The van der Waals surface area contributed by atoms with Crippen LogP contribution in [0.1, 0.15) is 36.1 Å². The second kappa shape index (κ2) is 14.4. The lowest BCUT2D eigenvalue weighted by molar-refractivity contribution is -0.122. The van der Waals surface area contributed by atoms with E-state index in [1.165, 1.54) is 0 Å². The van der Waals surface area contributed by atoms with Crippen molar-refractivity contribution in [3.63, 3.8) is 0 Å². The Balaban J connectivity index is 1.46. The highest BCUT2D eigenvalue weighted by Crippen LogP contribution is 2.29. The molecule has 4 rings (SSSR count). The number of para-hydroxylation sites is 1. The first-order chi connectivity index (χ1) is 20.0. The van der Waals surface area contributed by atoms with E-state index in [9.17, 15) is 4.79 Å². The normalized spacial score (nSPS) is 13.7. The fraction of sp³-hybridized carbons (Fsp3) is 0.273. The van der Waals surface area contributed by atoms with E-state index in [1.54, 1.807) is 18.1 Å². The summed E-state index contributed by atoms with van der Waals surface area (Å²) in [4.78, 5) is 14.9. The van der Waals surface area contributed by atoms with E-state index < -0.39 is 0 Å². The number of carbonyl (C=O) groups excluding carboxylic acids is 1. The van der Waals surface area contributed by atoms with Crippen LogP contribution in [0.15, 0.2) is 79.0 Å². The quantitative estimate of drug-likeness (QED) is 0.142. The minimum absolute atomic E-state index is 0.169. The zero-order valence-electron chi connectivity index (χ0n) is 23.8. The van der Waals surface area contributed by atoms with Gasteiger partial charge in [-0.15, -0.1) is 6.58 Å². The van der Waals surface area contributed by atoms with Crippen molar-refractivity contribution >= 4 is 29.3 Å². The first kappa shape index (κ1) is 29.7. The highest BCUT2D eigenvalue weighted by Gasteiger charge is 2.30. The number of methoxy groups -OCH3 is 1. The summed E-state index contributed by atoms with van der Waals surface area (Å²) < 4.78 is 23.1. The molecule has 1 amide bonds. The van der Waals surface area contributed by atoms with E-state index in [0.29, 0.717) is 60.8 Å². The molecule has 0 spiro atoms. The Hall–Kier alpha value is -4.30. The predicted molar refractivity (Wildman–Crippen MR) is 166 cm³/mol. The number of rotatable bonds is 14. The lowest BCUT2D eigenvalue weighted by Gasteiger charge is -2.16. The summed E-state index contributed by atoms with van der Waals surface area (Å²) in [6, 6.07) is 19.5. The van der Waals surface area contributed by atoms with Crippen molar-refractivity contribution in [2.45, 2.75) is 33.3 Å². The Morgan fingerprint density at radius 3 is 2.41 bits per heavy atom. The lowest BCUT2D eigenvalue weighted by Crippen LogP contribution is -2.32. The number of nitrogens with one attached hydrogen (secondary N) is 1. The lowest BCUT2D eigenvalue weighted by atomic mass is 10.1. The van der Waals surface area contributed by atoms with Crippen molar-refractivity contribution in [1.82, 2.24) is 10.2 Å². The molecule has 1 fully saturated rings. The van der Waals surface area contributed by atoms with Crippen LogP contribution in [-0.2, 0) is 24.2 Å². The maximum Gasteiger partial charge on any atom is 0.276 e. The fourth-order valence-electron chi connectivity index (χ4n) is 4.56. The first-order valence-electron chi connectivity index (χ1n) is 13.7. The van der Waals surface area contributed by atoms with Crippen molar-refractivity contribution < 1.29 is 23.7 Å². The number of hydrogen-bond acceptors (Lipinski definition) is 6. The molecule has 0 bridgehead atoms. The molecule has 1 aliphatic rings. The summed E-state index contributed by atoms with van der Waals surface area (Å²) >= 11 is 5.51. The van der Waals surface area contributed by atoms with Crippen molar-refractivity contribution in [3.8, 4) is 23.0 Å². The molecule has 0 saturated carbocycles. The molecular formula is C33H36N2O5S. The smallest absolute Gasteiger partial charge is 0.276 e. The molecule has 1 saturated heterocycles. The van der Waals surface area contributed by atoms with E-state index in [2.05, 4.69) is 11.9 Å². The third kappa shape index (κ3) is 7.46. The van der Waals surface area contributed by atoms with Gasteiger partial charge < -0.3 is 24.3 Å². The van der Waals surface area contributed by atoms with Gasteiger partial charge in [-0.05, 0) is 92.0 Å². The third-order valence-electron chi connectivity index (χ3n) is 6.53. The molecule has 3 aromatic rings. The number of nitrogens with zero attached hydrogens (tertiary/aromatic N) is 1. The third-order valence-corrected chi connectivity index (χ3v) is 6.85. The van der Waals surface area contributed by atoms with Crippen LogP contribution in [0.3, 0.4) is 0 Å². The number of thiocarbonyl (C=S) groups is 1. The molecule has 0 radical (unpaired) electrons. The number of benzene rings is 3. The van der Waals surface area contributed by atoms with Crippen LogP contribution < -0.4 is 24.3 Å². The van der Waals surface area contributed by atoms with Gasteiger partial charge in [0.15, 0.2) is 16.6 Å². The highest BCUT2D eigenvalue weighted by molar-refractivity contribution is 7.80. The summed E-state index contributed by atoms with van der Waals surface area (Å²) in [5, 5.41) is 3.46. The van der Waals surface area contributed by atoms with Gasteiger partial charge >= 0.3 is 0 Å². The van der Waals surface area contributed by atoms with E-state index in [0.717, 1.165) is 34.4 Å². The van der Waals surface area contributed by atoms with Crippen LogP contribution in [0.25, 0.3) is 6.08 Å². The summed E-state index contributed by atoms with van der Waals surface area (Å²) in [6.45, 7) is 9.55. The SMILES string of the molecule is C=CCc1ccccc1OCc1cc(/C=C2/NC(=S)N(CCc3ccc(OCC)c(OCC)c3)C2=O)ccc1OC. The van der Waals surface area contributed by atoms with Crippen molar-refractivity contribution in [1.29, 1.82) is 0 Å². The molecule has 8 heteroatoms. The zero-order chi connectivity index (χ0) is 29.2. The predicted octanol–water partition coefficient (Wildman–Crippen LogP) is 6.10. The summed E-state index contributed by atoms with van der Waals surface area (Å²) in [7, 11) is 1.63. The van der Waals surface area contributed by atoms with Crippen LogP contribution in [0.4, 0.5) is 0 Å². The average molecular weight is 573 g/mol. The molecule has 1 N–H and O–H groups in total. The number of ether oxygens (including phenoxy) is 4. The van der Waals surface area contributed by atoms with E-state index in [1.807, 2.05) is 80.6 Å². The first-order valence-corrected chi connectivity index (χ1v) is 14.1. The van der Waals surface area contributed by atoms with Crippen LogP contribution in [0.5, 0.6) is 23.0 Å². The molecular weight excluding hydrogens is 536 g/mol. The van der Waals surface area contributed by atoms with Gasteiger partial charge in [0, 0.05) is 12.1 Å². The number of hydrogen-bond donors (Lipinski definition) is 1. The average Bonchev–Trinajstić information content (AvgIpc) is 3.24. The molecule has 1 heterocycles. The summed E-state index contributed by atoms with van der Waals surface area (Å²) in [6.07, 6.45) is 4.99. The Morgan fingerprint density at radius 1 is 0.902 bits per heavy atom. The highest BCUT2D eigenvalue weighted by atomic mass is 32.1. The summed E-state index contributed by atoms with van der Waals surface area (Å²) in [5.74, 6) is 2.75. The van der Waals surface area contributed by atoms with Gasteiger partial charge in [0.05, 0.1) is 20.3 Å². The molecule has 0 aromatic heterocycles. The van der Waals surface area contributed by atoms with Crippen LogP contribution in [-0.4, -0.2) is 42.8 Å². The second-order valence-corrected chi connectivity index (χ2v) is 9.69. The Kier molecular flexibility index (Phi) is 10.4. The Morgan fingerprint density at radius 2 is 1.66 bits per heavy atom. The van der Waals surface area contributed by atoms with Gasteiger partial charge in [-0.25, -0.2) is 0 Å². The van der Waals surface area contributed by atoms with E-state index >= 15 is 0 Å². The van der Waals surface area contributed by atoms with Gasteiger partial charge in [0.1, 0.15) is 23.8 Å². The summed E-state index contributed by atoms with van der Waals surface area (Å²) in [5.41, 5.74) is 4.20. The fourth-order valence-corrected chi connectivity index (χ4v) is 4.84. The standard InChI is InChI=1S/C33H36N2O5S/c1-5-10-25-11-8-9-12-29(25)40-22-26-19-24(14-15-28(26)37-4)20-27-32(36)35(33(41)34-27)18-17-23-13-16-30(38-6-2)31(21-23)39-7-3/h5,8-9,11-16,19-21H,1,6-7,10,17-18,22H2,2-4H3,(H,34,41)/b27-20+. The van der Waals surface area contributed by atoms with Crippen molar-refractivity contribution in [3.05, 3.63) is 101 Å². The van der Waals surface area contributed by atoms with Gasteiger partial charge in [-0.3, -0.25) is 9.69 Å². The van der Waals surface area contributed by atoms with Crippen molar-refractivity contribution in [2.24, 2.45) is 0 Å². The van der Waals surface area contributed by atoms with Crippen LogP contribution >= 0.6 is 12.2 Å². The second-order valence-electron chi connectivity index (χ2n) is 9.30. The molecule has 0 aliphatic carbocycles.